The molecule has 0 fully saturated rings. The van der Waals surface area contributed by atoms with E-state index in [-0.39, 0.29) is 71.2 Å². The van der Waals surface area contributed by atoms with Crippen LogP contribution in [0.15, 0.2) is 30.3 Å². The van der Waals surface area contributed by atoms with Gasteiger partial charge in [0, 0.05) is 38.8 Å². The fourth-order valence-electron chi connectivity index (χ4n) is 3.27. The standard InChI is InChI=1S/C25H38N6O10/c1-41-24(36)11-16-30(39)23(35)8-13-27-20(32)9-14-29(38)22(34)7-12-28-21(33)10-15-31(40)25(37)19(26)17-18-5-3-2-4-6-18/h2-6,19,38-40H,7-17,26H2,1H3,(H,27,32)(H,28,33)/t19-/m0/s1. The lowest BCUT2D eigenvalue weighted by molar-refractivity contribution is -0.168. The van der Waals surface area contributed by atoms with Gasteiger partial charge in [-0.15, -0.1) is 0 Å². The van der Waals surface area contributed by atoms with Crippen molar-refractivity contribution in [2.24, 2.45) is 5.73 Å². The van der Waals surface area contributed by atoms with E-state index in [4.69, 9.17) is 5.73 Å². The van der Waals surface area contributed by atoms with Gasteiger partial charge in [-0.25, -0.2) is 15.2 Å². The van der Waals surface area contributed by atoms with Gasteiger partial charge < -0.3 is 21.1 Å². The van der Waals surface area contributed by atoms with Crippen molar-refractivity contribution in [3.05, 3.63) is 35.9 Å². The Morgan fingerprint density at radius 3 is 1.71 bits per heavy atom. The predicted molar refractivity (Wildman–Crippen MR) is 140 cm³/mol. The number of nitrogens with one attached hydrogen (secondary N) is 2. The molecule has 0 bridgehead atoms. The molecule has 7 N–H and O–H groups in total. The summed E-state index contributed by atoms with van der Waals surface area (Å²) in [5, 5.41) is 35.1. The van der Waals surface area contributed by atoms with E-state index in [1.807, 2.05) is 6.07 Å². The zero-order valence-electron chi connectivity index (χ0n) is 22.9. The summed E-state index contributed by atoms with van der Waals surface area (Å²) < 4.78 is 4.40. The summed E-state index contributed by atoms with van der Waals surface area (Å²) in [5.41, 5.74) is 6.65. The van der Waals surface area contributed by atoms with Crippen LogP contribution in [0.2, 0.25) is 0 Å². The molecule has 41 heavy (non-hydrogen) atoms. The Hall–Kier alpha value is -4.12. The number of benzene rings is 1. The molecule has 0 aliphatic carbocycles. The molecule has 0 aliphatic rings. The number of amides is 5. The van der Waals surface area contributed by atoms with Crippen molar-refractivity contribution >= 4 is 35.5 Å². The quantitative estimate of drug-likeness (QED) is 0.0667. The third-order valence-electron chi connectivity index (χ3n) is 5.62. The van der Waals surface area contributed by atoms with Crippen LogP contribution in [0, 0.1) is 0 Å². The molecule has 0 unspecified atom stereocenters. The predicted octanol–water partition coefficient (Wildman–Crippen LogP) is -1.43. The van der Waals surface area contributed by atoms with Gasteiger partial charge in [0.2, 0.25) is 23.6 Å². The van der Waals surface area contributed by atoms with E-state index in [1.165, 1.54) is 7.11 Å². The molecule has 16 heteroatoms. The summed E-state index contributed by atoms with van der Waals surface area (Å²) in [6.07, 6.45) is -1.03. The normalized spacial score (nSPS) is 11.1. The third-order valence-corrected chi connectivity index (χ3v) is 5.62. The zero-order chi connectivity index (χ0) is 30.8. The molecule has 0 spiro atoms. The van der Waals surface area contributed by atoms with Crippen molar-refractivity contribution in [2.75, 3.05) is 39.8 Å². The van der Waals surface area contributed by atoms with Crippen LogP contribution in [0.25, 0.3) is 0 Å². The Morgan fingerprint density at radius 1 is 0.756 bits per heavy atom. The van der Waals surface area contributed by atoms with Gasteiger partial charge >= 0.3 is 5.97 Å². The number of nitrogens with two attached hydrogens (primary N) is 1. The van der Waals surface area contributed by atoms with Crippen LogP contribution in [0.4, 0.5) is 0 Å². The summed E-state index contributed by atoms with van der Waals surface area (Å²) in [4.78, 5) is 70.8. The van der Waals surface area contributed by atoms with Crippen LogP contribution in [0.3, 0.4) is 0 Å². The Morgan fingerprint density at radius 2 is 1.22 bits per heavy atom. The minimum Gasteiger partial charge on any atom is -0.469 e. The molecule has 1 atom stereocenters. The minimum atomic E-state index is -0.988. The Balaban J connectivity index is 2.19. The molecule has 0 radical (unpaired) electrons. The lowest BCUT2D eigenvalue weighted by Gasteiger charge is -2.19. The van der Waals surface area contributed by atoms with Gasteiger partial charge in [-0.05, 0) is 12.0 Å². The monoisotopic (exact) mass is 582 g/mol. The largest absolute Gasteiger partial charge is 0.469 e. The number of esters is 1. The lowest BCUT2D eigenvalue weighted by Crippen LogP contribution is -2.44. The summed E-state index contributed by atoms with van der Waals surface area (Å²) >= 11 is 0. The first-order chi connectivity index (χ1) is 19.4. The maximum Gasteiger partial charge on any atom is 0.307 e. The molecule has 228 valence electrons. The first kappa shape index (κ1) is 34.9. The maximum atomic E-state index is 12.2. The molecular weight excluding hydrogens is 544 g/mol. The molecule has 0 aliphatic heterocycles. The fraction of sp³-hybridized carbons (Fsp3) is 0.520. The van der Waals surface area contributed by atoms with E-state index in [9.17, 15) is 44.4 Å². The molecule has 0 aromatic heterocycles. The van der Waals surface area contributed by atoms with Crippen molar-refractivity contribution in [3.63, 3.8) is 0 Å². The molecule has 0 heterocycles. The third kappa shape index (κ3) is 14.7. The van der Waals surface area contributed by atoms with Crippen LogP contribution in [0.1, 0.15) is 37.7 Å². The Bertz CT molecular complexity index is 1030. The summed E-state index contributed by atoms with van der Waals surface area (Å²) in [6.45, 7) is -1.16. The first-order valence-electron chi connectivity index (χ1n) is 12.8. The van der Waals surface area contributed by atoms with Crippen molar-refractivity contribution < 1.29 is 49.1 Å². The summed E-state index contributed by atoms with van der Waals surface area (Å²) in [5.74, 6) is -3.94. The molecule has 1 aromatic rings. The highest BCUT2D eigenvalue weighted by molar-refractivity contribution is 5.83. The topological polar surface area (TPSA) is 232 Å². The minimum absolute atomic E-state index is 0.117. The van der Waals surface area contributed by atoms with E-state index < -0.39 is 41.5 Å². The van der Waals surface area contributed by atoms with Crippen LogP contribution in [-0.4, -0.2) is 112 Å². The average Bonchev–Trinajstić information content (AvgIpc) is 2.96. The van der Waals surface area contributed by atoms with Gasteiger partial charge in [-0.2, -0.15) is 0 Å². The van der Waals surface area contributed by atoms with Crippen molar-refractivity contribution in [1.82, 2.24) is 25.8 Å². The van der Waals surface area contributed by atoms with Gasteiger partial charge in [0.05, 0.1) is 39.2 Å². The highest BCUT2D eigenvalue weighted by Crippen LogP contribution is 2.04. The zero-order valence-corrected chi connectivity index (χ0v) is 22.9. The number of ether oxygens (including phenoxy) is 1. The molecule has 16 nitrogen and oxygen atoms in total. The SMILES string of the molecule is COC(=O)CCN(O)C(=O)CCNC(=O)CCN(O)C(=O)CCNC(=O)CCN(O)C(=O)[C@@H](N)Cc1ccccc1. The van der Waals surface area contributed by atoms with E-state index in [2.05, 4.69) is 15.4 Å². The van der Waals surface area contributed by atoms with Gasteiger partial charge in [-0.1, -0.05) is 30.3 Å². The van der Waals surface area contributed by atoms with Crippen molar-refractivity contribution in [3.8, 4) is 0 Å². The van der Waals surface area contributed by atoms with Crippen LogP contribution < -0.4 is 16.4 Å². The average molecular weight is 583 g/mol. The maximum absolute atomic E-state index is 12.2. The Kier molecular flexibility index (Phi) is 16.2. The molecule has 1 aromatic carbocycles. The molecule has 0 saturated carbocycles. The first-order valence-corrected chi connectivity index (χ1v) is 12.8. The fourth-order valence-corrected chi connectivity index (χ4v) is 3.27. The number of rotatable bonds is 18. The number of nitrogens with zero attached hydrogens (tertiary/aromatic N) is 3. The smallest absolute Gasteiger partial charge is 0.307 e. The van der Waals surface area contributed by atoms with E-state index in [1.54, 1.807) is 24.3 Å². The second-order valence-corrected chi connectivity index (χ2v) is 8.82. The van der Waals surface area contributed by atoms with E-state index in [0.29, 0.717) is 15.2 Å². The van der Waals surface area contributed by atoms with Gasteiger partial charge in [0.1, 0.15) is 0 Å². The van der Waals surface area contributed by atoms with Crippen LogP contribution in [-0.2, 0) is 39.9 Å². The number of hydrogen-bond donors (Lipinski definition) is 6. The highest BCUT2D eigenvalue weighted by Gasteiger charge is 2.21. The second-order valence-electron chi connectivity index (χ2n) is 8.82. The van der Waals surface area contributed by atoms with Gasteiger partial charge in [0.25, 0.3) is 5.91 Å². The van der Waals surface area contributed by atoms with E-state index in [0.717, 1.165) is 5.56 Å². The number of methoxy groups -OCH3 is 1. The number of carbonyl (C=O) groups is 6. The molecular formula is C25H38N6O10. The number of carbonyl (C=O) groups excluding carboxylic acids is 6. The van der Waals surface area contributed by atoms with Gasteiger partial charge in [-0.3, -0.25) is 44.4 Å². The summed E-state index contributed by atoms with van der Waals surface area (Å²) in [6, 6.07) is 8.01. The highest BCUT2D eigenvalue weighted by atomic mass is 16.5. The summed E-state index contributed by atoms with van der Waals surface area (Å²) in [7, 11) is 1.17. The molecule has 5 amide bonds. The van der Waals surface area contributed by atoms with Crippen molar-refractivity contribution in [1.29, 1.82) is 0 Å². The molecule has 1 rings (SSSR count). The van der Waals surface area contributed by atoms with Gasteiger partial charge in [0.15, 0.2) is 0 Å². The van der Waals surface area contributed by atoms with Crippen LogP contribution in [0.5, 0.6) is 0 Å². The van der Waals surface area contributed by atoms with E-state index >= 15 is 0 Å². The molecule has 0 saturated heterocycles. The van der Waals surface area contributed by atoms with Crippen LogP contribution >= 0.6 is 0 Å². The lowest BCUT2D eigenvalue weighted by atomic mass is 10.1. The van der Waals surface area contributed by atoms with Crippen molar-refractivity contribution in [2.45, 2.75) is 44.6 Å². The number of hydrogen-bond acceptors (Lipinski definition) is 11. The number of hydroxylamine groups is 6. The second kappa shape index (κ2) is 19.0. The Labute approximate surface area is 236 Å².